The third-order valence-electron chi connectivity index (χ3n) is 2.84. The van der Waals surface area contributed by atoms with Crippen molar-refractivity contribution in [2.75, 3.05) is 6.54 Å². The van der Waals surface area contributed by atoms with E-state index in [0.717, 1.165) is 16.6 Å². The van der Waals surface area contributed by atoms with Gasteiger partial charge in [0, 0.05) is 23.7 Å². The highest BCUT2D eigenvalue weighted by Crippen LogP contribution is 2.17. The molecule has 0 aliphatic carbocycles. The Hall–Kier alpha value is -1.94. The molecule has 0 spiro atoms. The maximum atomic E-state index is 12.1. The van der Waals surface area contributed by atoms with Gasteiger partial charge < -0.3 is 11.1 Å². The second-order valence-electron chi connectivity index (χ2n) is 4.44. The van der Waals surface area contributed by atoms with E-state index in [4.69, 9.17) is 5.73 Å². The highest BCUT2D eigenvalue weighted by Gasteiger charge is 2.12. The molecule has 1 heterocycles. The van der Waals surface area contributed by atoms with Crippen molar-refractivity contribution < 1.29 is 4.79 Å². The Labute approximate surface area is 106 Å². The van der Waals surface area contributed by atoms with Gasteiger partial charge in [0.1, 0.15) is 0 Å². The van der Waals surface area contributed by atoms with Gasteiger partial charge in [0.15, 0.2) is 0 Å². The van der Waals surface area contributed by atoms with E-state index in [2.05, 4.69) is 10.3 Å². The minimum atomic E-state index is -0.128. The molecule has 0 radical (unpaired) electrons. The normalized spacial score (nSPS) is 12.4. The fourth-order valence-electron chi connectivity index (χ4n) is 1.79. The average molecular weight is 243 g/mol. The quantitative estimate of drug-likeness (QED) is 0.860. The number of hydrogen-bond acceptors (Lipinski definition) is 3. The molecule has 0 aliphatic rings. The van der Waals surface area contributed by atoms with Gasteiger partial charge in [-0.1, -0.05) is 18.2 Å². The van der Waals surface area contributed by atoms with Gasteiger partial charge in [-0.25, -0.2) is 0 Å². The van der Waals surface area contributed by atoms with Crippen LogP contribution >= 0.6 is 0 Å². The number of pyridine rings is 1. The number of fused-ring (bicyclic) bond motifs is 1. The van der Waals surface area contributed by atoms with Crippen molar-refractivity contribution in [2.45, 2.75) is 19.9 Å². The number of rotatable bonds is 3. The lowest BCUT2D eigenvalue weighted by molar-refractivity contribution is 0.0943. The molecule has 18 heavy (non-hydrogen) atoms. The molecular formula is C14H17N3O. The Morgan fingerprint density at radius 3 is 2.89 bits per heavy atom. The first-order valence-electron chi connectivity index (χ1n) is 5.99. The molecule has 94 valence electrons. The summed E-state index contributed by atoms with van der Waals surface area (Å²) in [7, 11) is 0. The van der Waals surface area contributed by atoms with Gasteiger partial charge in [-0.15, -0.1) is 0 Å². The van der Waals surface area contributed by atoms with E-state index in [1.54, 1.807) is 6.07 Å². The van der Waals surface area contributed by atoms with Crippen LogP contribution in [0.1, 0.15) is 23.0 Å². The third kappa shape index (κ3) is 2.49. The second-order valence-corrected chi connectivity index (χ2v) is 4.44. The van der Waals surface area contributed by atoms with Gasteiger partial charge in [-0.3, -0.25) is 9.78 Å². The highest BCUT2D eigenvalue weighted by molar-refractivity contribution is 6.05. The molecule has 0 fully saturated rings. The van der Waals surface area contributed by atoms with Crippen LogP contribution in [0.3, 0.4) is 0 Å². The number of nitrogens with two attached hydrogens (primary N) is 1. The molecule has 0 saturated carbocycles. The van der Waals surface area contributed by atoms with Crippen molar-refractivity contribution >= 4 is 16.8 Å². The summed E-state index contributed by atoms with van der Waals surface area (Å²) >= 11 is 0. The molecule has 1 aromatic heterocycles. The summed E-state index contributed by atoms with van der Waals surface area (Å²) in [5.74, 6) is -0.128. The number of carbonyl (C=O) groups is 1. The van der Waals surface area contributed by atoms with Crippen molar-refractivity contribution in [1.82, 2.24) is 10.3 Å². The van der Waals surface area contributed by atoms with Gasteiger partial charge in [-0.2, -0.15) is 0 Å². The minimum Gasteiger partial charge on any atom is -0.348 e. The number of aromatic nitrogens is 1. The Morgan fingerprint density at radius 1 is 1.39 bits per heavy atom. The maximum Gasteiger partial charge on any atom is 0.253 e. The van der Waals surface area contributed by atoms with E-state index in [9.17, 15) is 4.79 Å². The first kappa shape index (κ1) is 12.5. The van der Waals surface area contributed by atoms with Crippen molar-refractivity contribution in [1.29, 1.82) is 0 Å². The second kappa shape index (κ2) is 5.14. The van der Waals surface area contributed by atoms with E-state index in [0.29, 0.717) is 12.1 Å². The SMILES string of the molecule is Cc1ccc2cccc(C(=O)N[C@@H](C)CN)c2n1. The van der Waals surface area contributed by atoms with E-state index >= 15 is 0 Å². The summed E-state index contributed by atoms with van der Waals surface area (Å²) in [4.78, 5) is 16.6. The molecule has 0 bridgehead atoms. The molecule has 1 atom stereocenters. The lowest BCUT2D eigenvalue weighted by atomic mass is 10.1. The number of hydrogen-bond donors (Lipinski definition) is 2. The van der Waals surface area contributed by atoms with Crippen LogP contribution in [0.25, 0.3) is 10.9 Å². The number of nitrogens with zero attached hydrogens (tertiary/aromatic N) is 1. The smallest absolute Gasteiger partial charge is 0.253 e. The number of aryl methyl sites for hydroxylation is 1. The Balaban J connectivity index is 2.44. The fraction of sp³-hybridized carbons (Fsp3) is 0.286. The molecule has 4 nitrogen and oxygen atoms in total. The summed E-state index contributed by atoms with van der Waals surface area (Å²) in [5, 5.41) is 3.82. The van der Waals surface area contributed by atoms with Crippen molar-refractivity contribution in [3.8, 4) is 0 Å². The minimum absolute atomic E-state index is 0.0439. The van der Waals surface area contributed by atoms with Crippen LogP contribution in [0, 0.1) is 6.92 Å². The molecule has 2 aromatic rings. The predicted octanol–water partition coefficient (Wildman–Crippen LogP) is 1.62. The van der Waals surface area contributed by atoms with Crippen LogP contribution in [0.5, 0.6) is 0 Å². The Bertz CT molecular complexity index is 580. The van der Waals surface area contributed by atoms with E-state index in [1.807, 2.05) is 38.1 Å². The zero-order valence-electron chi connectivity index (χ0n) is 10.6. The number of para-hydroxylation sites is 1. The van der Waals surface area contributed by atoms with E-state index in [1.165, 1.54) is 0 Å². The number of amides is 1. The number of nitrogens with one attached hydrogen (secondary N) is 1. The summed E-state index contributed by atoms with van der Waals surface area (Å²) in [6.07, 6.45) is 0. The summed E-state index contributed by atoms with van der Waals surface area (Å²) in [6.45, 7) is 4.21. The summed E-state index contributed by atoms with van der Waals surface area (Å²) in [6, 6.07) is 9.46. The van der Waals surface area contributed by atoms with Gasteiger partial charge in [-0.05, 0) is 26.0 Å². The molecule has 0 saturated heterocycles. The predicted molar refractivity (Wildman–Crippen MR) is 72.5 cm³/mol. The van der Waals surface area contributed by atoms with E-state index in [-0.39, 0.29) is 11.9 Å². The first-order valence-corrected chi connectivity index (χ1v) is 5.99. The Kier molecular flexibility index (Phi) is 3.58. The average Bonchev–Trinajstić information content (AvgIpc) is 2.37. The van der Waals surface area contributed by atoms with Crippen LogP contribution in [0.15, 0.2) is 30.3 Å². The Morgan fingerprint density at radius 2 is 2.17 bits per heavy atom. The fourth-order valence-corrected chi connectivity index (χ4v) is 1.79. The largest absolute Gasteiger partial charge is 0.348 e. The molecule has 3 N–H and O–H groups in total. The lowest BCUT2D eigenvalue weighted by Crippen LogP contribution is -2.37. The molecule has 4 heteroatoms. The molecule has 1 aromatic carbocycles. The van der Waals surface area contributed by atoms with E-state index < -0.39 is 0 Å². The van der Waals surface area contributed by atoms with Gasteiger partial charge in [0.05, 0.1) is 11.1 Å². The zero-order valence-corrected chi connectivity index (χ0v) is 10.6. The molecule has 2 rings (SSSR count). The van der Waals surface area contributed by atoms with Gasteiger partial charge in [0.25, 0.3) is 5.91 Å². The standard InChI is InChI=1S/C14H17N3O/c1-9-6-7-11-4-3-5-12(13(11)16-9)14(18)17-10(2)8-15/h3-7,10H,8,15H2,1-2H3,(H,17,18)/t10-/m0/s1. The molecular weight excluding hydrogens is 226 g/mol. The maximum absolute atomic E-state index is 12.1. The van der Waals surface area contributed by atoms with Crippen LogP contribution < -0.4 is 11.1 Å². The topological polar surface area (TPSA) is 68.0 Å². The van der Waals surface area contributed by atoms with Gasteiger partial charge in [0.2, 0.25) is 0 Å². The van der Waals surface area contributed by atoms with Crippen LogP contribution in [-0.4, -0.2) is 23.5 Å². The summed E-state index contributed by atoms with van der Waals surface area (Å²) in [5.41, 5.74) is 7.73. The number of carbonyl (C=O) groups excluding carboxylic acids is 1. The van der Waals surface area contributed by atoms with Gasteiger partial charge >= 0.3 is 0 Å². The third-order valence-corrected chi connectivity index (χ3v) is 2.84. The van der Waals surface area contributed by atoms with Crippen LogP contribution in [0.2, 0.25) is 0 Å². The monoisotopic (exact) mass is 243 g/mol. The molecule has 0 unspecified atom stereocenters. The zero-order chi connectivity index (χ0) is 13.1. The highest BCUT2D eigenvalue weighted by atomic mass is 16.1. The van der Waals surface area contributed by atoms with Crippen molar-refractivity contribution in [2.24, 2.45) is 5.73 Å². The van der Waals surface area contributed by atoms with Crippen molar-refractivity contribution in [3.05, 3.63) is 41.6 Å². The van der Waals surface area contributed by atoms with Crippen LogP contribution in [0.4, 0.5) is 0 Å². The first-order chi connectivity index (χ1) is 8.61. The molecule has 1 amide bonds. The summed E-state index contributed by atoms with van der Waals surface area (Å²) < 4.78 is 0. The van der Waals surface area contributed by atoms with Crippen molar-refractivity contribution in [3.63, 3.8) is 0 Å². The lowest BCUT2D eigenvalue weighted by Gasteiger charge is -2.12. The molecule has 0 aliphatic heterocycles. The number of benzene rings is 1. The van der Waals surface area contributed by atoms with Crippen LogP contribution in [-0.2, 0) is 0 Å².